The first-order chi connectivity index (χ1) is 41.5. The molecule has 0 fully saturated rings. The van der Waals surface area contributed by atoms with Crippen molar-refractivity contribution in [2.24, 2.45) is 0 Å². The summed E-state index contributed by atoms with van der Waals surface area (Å²) >= 11 is 0. The highest BCUT2D eigenvalue weighted by atomic mass is 19.1. The molecule has 0 heterocycles. The zero-order chi connectivity index (χ0) is 60.6. The van der Waals surface area contributed by atoms with Gasteiger partial charge in [0, 0.05) is 44.4 Å². The summed E-state index contributed by atoms with van der Waals surface area (Å²) in [5.41, 5.74) is 1.01. The lowest BCUT2D eigenvalue weighted by atomic mass is 9.90. The number of benzene rings is 12. The van der Waals surface area contributed by atoms with Gasteiger partial charge in [-0.1, -0.05) is 158 Å². The van der Waals surface area contributed by atoms with Crippen molar-refractivity contribution in [2.75, 3.05) is 9.80 Å². The summed E-state index contributed by atoms with van der Waals surface area (Å²) in [6.45, 7) is 15.9. The lowest BCUT2D eigenvalue weighted by Crippen LogP contribution is -2.15. The molecule has 0 unspecified atom stereocenters. The van der Waals surface area contributed by atoms with E-state index in [-0.39, 0.29) is 78.6 Å². The van der Waals surface area contributed by atoms with Crippen molar-refractivity contribution in [1.29, 1.82) is 10.5 Å². The van der Waals surface area contributed by atoms with Crippen LogP contribution in [-0.2, 0) is 0 Å². The molecule has 0 radical (unpaired) electrons. The van der Waals surface area contributed by atoms with Gasteiger partial charge in [0.05, 0.1) is 72.9 Å². The van der Waals surface area contributed by atoms with Crippen LogP contribution in [0.15, 0.2) is 230 Å². The lowest BCUT2D eigenvalue weighted by Gasteiger charge is -2.32. The third-order valence-corrected chi connectivity index (χ3v) is 13.4. The second kappa shape index (κ2) is 19.3. The molecule has 0 saturated carbocycles. The largest absolute Gasteiger partial charge is 0.307 e. The van der Waals surface area contributed by atoms with Gasteiger partial charge in [0.25, 0.3) is 0 Å². The predicted octanol–water partition coefficient (Wildman–Crippen LogP) is 19.3. The molecule has 0 atom stereocenters. The third kappa shape index (κ3) is 7.76. The minimum absolute atomic E-state index is 0.0605. The van der Waals surface area contributed by atoms with E-state index in [9.17, 15) is 16.0 Å². The molecule has 0 aliphatic heterocycles. The Hall–Kier alpha value is -10.9. The Kier molecular flexibility index (Phi) is 9.15. The predicted molar refractivity (Wildman–Crippen MR) is 303 cm³/mol. The van der Waals surface area contributed by atoms with Crippen LogP contribution < -0.4 is 9.80 Å². The topological polar surface area (TPSA) is 62.8 Å². The van der Waals surface area contributed by atoms with Crippen LogP contribution in [0.2, 0.25) is 0 Å². The fourth-order valence-corrected chi connectivity index (χ4v) is 10.2. The number of hydrogen-bond acceptors (Lipinski definition) is 4. The van der Waals surface area contributed by atoms with E-state index < -0.39 is 83.4 Å². The standard InChI is InChI=1S/C68H38F2N6/c1-73-61-27-15-13-25-53(61)47-37-57(51-23-11-9-17-45(51)41-71)67(59(69)39-47)75(49-19-5-3-6-20-49)63-35-31-43-30-34-56-64(36-32-44-29-33-55(63)65(43)66(44)56)76(50-21-7-4-8-22-50)68-58(52-24-12-10-18-46(52)42-72)38-48(40-60(68)70)54-26-14-16-28-62(54)74-2/h3-40H/i3D,4D,5D,6D,7D,8D,19D,20D,21D,22D. The van der Waals surface area contributed by atoms with E-state index in [4.69, 9.17) is 21.4 Å². The molecule has 0 amide bonds. The highest BCUT2D eigenvalue weighted by Gasteiger charge is 2.29. The molecule has 0 aromatic heterocycles. The van der Waals surface area contributed by atoms with Gasteiger partial charge >= 0.3 is 0 Å². The van der Waals surface area contributed by atoms with Gasteiger partial charge in [0.2, 0.25) is 0 Å². The third-order valence-electron chi connectivity index (χ3n) is 13.4. The lowest BCUT2D eigenvalue weighted by molar-refractivity contribution is 0.629. The fraction of sp³-hybridized carbons (Fsp3) is 0. The molecule has 8 heteroatoms. The van der Waals surface area contributed by atoms with Crippen LogP contribution >= 0.6 is 0 Å². The van der Waals surface area contributed by atoms with Gasteiger partial charge in [0.1, 0.15) is 11.6 Å². The van der Waals surface area contributed by atoms with Crippen molar-refractivity contribution < 1.29 is 22.5 Å². The molecule has 12 aromatic carbocycles. The van der Waals surface area contributed by atoms with Crippen LogP contribution in [0.5, 0.6) is 0 Å². The SMILES string of the molecule is [2H]c1c([2H])c([2H])c(N(c2c(F)cc(-c3ccccc3[N+]#[C-])cc2-c2ccccc2C#N)c2ccc3ccc4c(N(c5c(F)cc(-c6ccccc6[N+]#[C-])cc5-c5ccccc5C#N)c5c([2H])c([2H])c([2H])c([2H])c5[2H])ccc5ccc2c3c54)c([2H])c1[2H]. The number of hydrogen-bond donors (Lipinski definition) is 0. The number of nitrogens with zero attached hydrogens (tertiary/aromatic N) is 6. The quantitative estimate of drug-likeness (QED) is 0.101. The Morgan fingerprint density at radius 1 is 0.421 bits per heavy atom. The van der Waals surface area contributed by atoms with Crippen LogP contribution in [-0.4, -0.2) is 0 Å². The summed E-state index contributed by atoms with van der Waals surface area (Å²) in [6, 6.07) is 42.4. The van der Waals surface area contributed by atoms with Gasteiger partial charge in [-0.25, -0.2) is 18.5 Å². The van der Waals surface area contributed by atoms with Crippen molar-refractivity contribution in [3.8, 4) is 56.6 Å². The van der Waals surface area contributed by atoms with Crippen molar-refractivity contribution in [1.82, 2.24) is 0 Å². The summed E-state index contributed by atoms with van der Waals surface area (Å²) < 4.78 is 128. The molecule has 354 valence electrons. The fourth-order valence-electron chi connectivity index (χ4n) is 10.2. The maximum absolute atomic E-state index is 18.3. The Labute approximate surface area is 451 Å². The molecule has 6 nitrogen and oxygen atoms in total. The van der Waals surface area contributed by atoms with Gasteiger partial charge in [-0.3, -0.25) is 0 Å². The Morgan fingerprint density at radius 2 is 0.789 bits per heavy atom. The molecule has 12 rings (SSSR count). The minimum atomic E-state index is -0.960. The first kappa shape index (κ1) is 36.1. The summed E-state index contributed by atoms with van der Waals surface area (Å²) in [5, 5.41) is 24.0. The summed E-state index contributed by atoms with van der Waals surface area (Å²) in [4.78, 5) is 9.86. The van der Waals surface area contributed by atoms with Gasteiger partial charge in [0.15, 0.2) is 11.4 Å². The average molecular weight is 987 g/mol. The van der Waals surface area contributed by atoms with E-state index in [1.807, 2.05) is 0 Å². The van der Waals surface area contributed by atoms with Gasteiger partial charge in [-0.2, -0.15) is 10.5 Å². The molecule has 0 bridgehead atoms. The van der Waals surface area contributed by atoms with Crippen LogP contribution in [0, 0.1) is 47.4 Å². The van der Waals surface area contributed by atoms with Crippen LogP contribution in [0.1, 0.15) is 24.8 Å². The molecular weight excluding hydrogens is 939 g/mol. The van der Waals surface area contributed by atoms with E-state index in [1.54, 1.807) is 146 Å². The molecule has 12 aromatic rings. The van der Waals surface area contributed by atoms with Crippen molar-refractivity contribution >= 4 is 77.8 Å². The van der Waals surface area contributed by atoms with E-state index in [0.29, 0.717) is 43.4 Å². The van der Waals surface area contributed by atoms with Crippen molar-refractivity contribution in [3.05, 3.63) is 276 Å². The Bertz CT molecular complexity index is 4710. The smallest absolute Gasteiger partial charge is 0.194 e. The van der Waals surface area contributed by atoms with Crippen LogP contribution in [0.4, 0.5) is 54.3 Å². The highest BCUT2D eigenvalue weighted by Crippen LogP contribution is 2.52. The Morgan fingerprint density at radius 3 is 1.18 bits per heavy atom. The van der Waals surface area contributed by atoms with E-state index in [2.05, 4.69) is 21.8 Å². The van der Waals surface area contributed by atoms with Crippen LogP contribution in [0.25, 0.3) is 86.5 Å². The molecule has 0 N–H and O–H groups in total. The average Bonchev–Trinajstić information content (AvgIpc) is 0.766. The van der Waals surface area contributed by atoms with Crippen molar-refractivity contribution in [2.45, 2.75) is 0 Å². The first-order valence-electron chi connectivity index (χ1n) is 28.6. The number of rotatable bonds is 10. The van der Waals surface area contributed by atoms with Gasteiger partial charge in [-0.05, 0) is 116 Å². The first-order valence-corrected chi connectivity index (χ1v) is 23.6. The number of anilines is 6. The van der Waals surface area contributed by atoms with Gasteiger partial charge < -0.3 is 9.80 Å². The number of nitriles is 2. The Balaban J connectivity index is 1.21. The van der Waals surface area contributed by atoms with E-state index in [0.717, 1.165) is 0 Å². The summed E-state index contributed by atoms with van der Waals surface area (Å²) in [7, 11) is 0. The maximum atomic E-state index is 18.3. The summed E-state index contributed by atoms with van der Waals surface area (Å²) in [5.74, 6) is -1.92. The monoisotopic (exact) mass is 986 g/mol. The maximum Gasteiger partial charge on any atom is 0.194 e. The molecule has 0 spiro atoms. The van der Waals surface area contributed by atoms with E-state index >= 15 is 8.78 Å². The van der Waals surface area contributed by atoms with Gasteiger partial charge in [-0.15, -0.1) is 0 Å². The number of halogens is 2. The van der Waals surface area contributed by atoms with Crippen molar-refractivity contribution in [3.63, 3.8) is 0 Å². The zero-order valence-corrected chi connectivity index (χ0v) is 39.6. The second-order valence-corrected chi connectivity index (χ2v) is 17.5. The molecule has 76 heavy (non-hydrogen) atoms. The molecule has 0 aliphatic rings. The summed E-state index contributed by atoms with van der Waals surface area (Å²) in [6.07, 6.45) is 0. The van der Waals surface area contributed by atoms with Crippen LogP contribution in [0.3, 0.4) is 0 Å². The number of para-hydroxylation sites is 4. The van der Waals surface area contributed by atoms with E-state index in [1.165, 1.54) is 34.1 Å². The highest BCUT2D eigenvalue weighted by molar-refractivity contribution is 6.28. The molecule has 0 saturated heterocycles. The molecular formula is C68H38F2N6. The minimum Gasteiger partial charge on any atom is -0.307 e. The molecule has 0 aliphatic carbocycles. The second-order valence-electron chi connectivity index (χ2n) is 17.5. The normalized spacial score (nSPS) is 12.8. The zero-order valence-electron chi connectivity index (χ0n) is 49.6.